The lowest BCUT2D eigenvalue weighted by atomic mass is 10.1. The minimum atomic E-state index is -0.323. The van der Waals surface area contributed by atoms with E-state index in [0.717, 1.165) is 12.8 Å². The molecule has 0 bridgehead atoms. The normalized spacial score (nSPS) is 15.1. The van der Waals surface area contributed by atoms with Crippen molar-refractivity contribution < 1.29 is 14.3 Å². The van der Waals surface area contributed by atoms with Crippen LogP contribution in [-0.2, 0) is 4.74 Å². The Morgan fingerprint density at radius 3 is 2.96 bits per heavy atom. The SMILES string of the molecule is O=C(Nc1ccc2ncnn2c1)c1cnc(OC2CCOCC2)c(Cl)c1. The minimum Gasteiger partial charge on any atom is -0.473 e. The number of halogens is 1. The zero-order chi connectivity index (χ0) is 17.9. The summed E-state index contributed by atoms with van der Waals surface area (Å²) in [6.07, 6.45) is 6.20. The Morgan fingerprint density at radius 2 is 2.15 bits per heavy atom. The van der Waals surface area contributed by atoms with Crippen LogP contribution in [0.15, 0.2) is 36.9 Å². The second kappa shape index (κ2) is 7.27. The van der Waals surface area contributed by atoms with Gasteiger partial charge in [0.15, 0.2) is 5.65 Å². The molecule has 0 unspecified atom stereocenters. The van der Waals surface area contributed by atoms with Gasteiger partial charge in [0.2, 0.25) is 5.88 Å². The Hall–Kier alpha value is -2.71. The highest BCUT2D eigenvalue weighted by Gasteiger charge is 2.18. The third kappa shape index (κ3) is 3.61. The molecule has 0 radical (unpaired) electrons. The highest BCUT2D eigenvalue weighted by molar-refractivity contribution is 6.32. The van der Waals surface area contributed by atoms with Crippen LogP contribution in [0.1, 0.15) is 23.2 Å². The number of nitrogens with zero attached hydrogens (tertiary/aromatic N) is 4. The first-order chi connectivity index (χ1) is 12.7. The molecule has 1 aliphatic heterocycles. The Bertz CT molecular complexity index is 939. The van der Waals surface area contributed by atoms with E-state index in [9.17, 15) is 4.79 Å². The molecule has 1 aliphatic rings. The van der Waals surface area contributed by atoms with Crippen LogP contribution in [0.2, 0.25) is 5.02 Å². The maximum absolute atomic E-state index is 12.4. The summed E-state index contributed by atoms with van der Waals surface area (Å²) in [5.74, 6) is 0.00985. The molecule has 8 nitrogen and oxygen atoms in total. The summed E-state index contributed by atoms with van der Waals surface area (Å²) in [4.78, 5) is 20.7. The molecular formula is C17H16ClN5O3. The number of hydrogen-bond donors (Lipinski definition) is 1. The number of anilines is 1. The highest BCUT2D eigenvalue weighted by atomic mass is 35.5. The largest absolute Gasteiger partial charge is 0.473 e. The second-order valence-corrected chi connectivity index (χ2v) is 6.28. The lowest BCUT2D eigenvalue weighted by molar-refractivity contribution is 0.0238. The number of fused-ring (bicyclic) bond motifs is 1. The summed E-state index contributed by atoms with van der Waals surface area (Å²) in [5.41, 5.74) is 1.63. The number of pyridine rings is 2. The molecule has 0 spiro atoms. The van der Waals surface area contributed by atoms with Gasteiger partial charge in [0, 0.05) is 19.0 Å². The van der Waals surface area contributed by atoms with Gasteiger partial charge in [0.05, 0.1) is 30.7 Å². The standard InChI is InChI=1S/C17H16ClN5O3/c18-14-7-11(8-19-17(14)26-13-3-5-25-6-4-13)16(24)22-12-1-2-15-20-10-21-23(15)9-12/h1-2,7-10,13H,3-6H2,(H,22,24). The summed E-state index contributed by atoms with van der Waals surface area (Å²) in [5, 5.41) is 7.12. The molecule has 3 aromatic rings. The maximum atomic E-state index is 12.4. The van der Waals surface area contributed by atoms with E-state index in [-0.39, 0.29) is 12.0 Å². The van der Waals surface area contributed by atoms with Gasteiger partial charge in [-0.15, -0.1) is 0 Å². The number of amides is 1. The predicted molar refractivity (Wildman–Crippen MR) is 94.7 cm³/mol. The molecule has 26 heavy (non-hydrogen) atoms. The van der Waals surface area contributed by atoms with Crippen LogP contribution in [0.4, 0.5) is 5.69 Å². The third-order valence-corrected chi connectivity index (χ3v) is 4.32. The molecule has 1 saturated heterocycles. The Morgan fingerprint density at radius 1 is 1.31 bits per heavy atom. The van der Waals surface area contributed by atoms with Crippen molar-refractivity contribution in [2.45, 2.75) is 18.9 Å². The Kier molecular flexibility index (Phi) is 4.68. The smallest absolute Gasteiger partial charge is 0.257 e. The predicted octanol–water partition coefficient (Wildman–Crippen LogP) is 2.59. The van der Waals surface area contributed by atoms with Crippen LogP contribution in [0.5, 0.6) is 5.88 Å². The third-order valence-electron chi connectivity index (χ3n) is 4.05. The van der Waals surface area contributed by atoms with Gasteiger partial charge in [-0.1, -0.05) is 11.6 Å². The van der Waals surface area contributed by atoms with Gasteiger partial charge in [-0.05, 0) is 18.2 Å². The molecule has 4 heterocycles. The first-order valence-corrected chi connectivity index (χ1v) is 8.57. The minimum absolute atomic E-state index is 0.0304. The van der Waals surface area contributed by atoms with Crippen LogP contribution < -0.4 is 10.1 Å². The number of rotatable bonds is 4. The van der Waals surface area contributed by atoms with Crippen molar-refractivity contribution in [1.29, 1.82) is 0 Å². The Labute approximate surface area is 154 Å². The van der Waals surface area contributed by atoms with E-state index in [1.54, 1.807) is 28.9 Å². The van der Waals surface area contributed by atoms with Crippen molar-refractivity contribution in [2.75, 3.05) is 18.5 Å². The number of hydrogen-bond acceptors (Lipinski definition) is 6. The van der Waals surface area contributed by atoms with E-state index in [4.69, 9.17) is 21.1 Å². The fourth-order valence-corrected chi connectivity index (χ4v) is 2.89. The molecule has 134 valence electrons. The summed E-state index contributed by atoms with van der Waals surface area (Å²) in [6, 6.07) is 5.06. The molecule has 0 aromatic carbocycles. The molecule has 1 fully saturated rings. The van der Waals surface area contributed by atoms with Gasteiger partial charge in [0.1, 0.15) is 17.5 Å². The van der Waals surface area contributed by atoms with Gasteiger partial charge in [-0.3, -0.25) is 4.79 Å². The van der Waals surface area contributed by atoms with E-state index >= 15 is 0 Å². The number of nitrogens with one attached hydrogen (secondary N) is 1. The van der Waals surface area contributed by atoms with E-state index in [2.05, 4.69) is 20.4 Å². The highest BCUT2D eigenvalue weighted by Crippen LogP contribution is 2.26. The monoisotopic (exact) mass is 373 g/mol. The summed E-state index contributed by atoms with van der Waals surface area (Å²) in [6.45, 7) is 1.33. The van der Waals surface area contributed by atoms with Crippen molar-refractivity contribution >= 4 is 28.8 Å². The average Bonchev–Trinajstić information content (AvgIpc) is 3.12. The quantitative estimate of drug-likeness (QED) is 0.755. The second-order valence-electron chi connectivity index (χ2n) is 5.88. The van der Waals surface area contributed by atoms with Gasteiger partial charge in [-0.25, -0.2) is 14.5 Å². The molecular weight excluding hydrogens is 358 g/mol. The summed E-state index contributed by atoms with van der Waals surface area (Å²) in [7, 11) is 0. The maximum Gasteiger partial charge on any atom is 0.257 e. The van der Waals surface area contributed by atoms with Gasteiger partial charge in [-0.2, -0.15) is 5.10 Å². The van der Waals surface area contributed by atoms with Crippen LogP contribution >= 0.6 is 11.6 Å². The Balaban J connectivity index is 1.46. The number of carbonyl (C=O) groups excluding carboxylic acids is 1. The average molecular weight is 374 g/mol. The van der Waals surface area contributed by atoms with E-state index in [1.807, 2.05) is 0 Å². The van der Waals surface area contributed by atoms with E-state index < -0.39 is 0 Å². The zero-order valence-corrected chi connectivity index (χ0v) is 14.5. The summed E-state index contributed by atoms with van der Waals surface area (Å²) >= 11 is 6.24. The van der Waals surface area contributed by atoms with Crippen LogP contribution in [0.25, 0.3) is 5.65 Å². The van der Waals surface area contributed by atoms with E-state index in [1.165, 1.54) is 12.5 Å². The van der Waals surface area contributed by atoms with Gasteiger partial charge >= 0.3 is 0 Å². The van der Waals surface area contributed by atoms with E-state index in [0.29, 0.717) is 41.0 Å². The molecule has 1 N–H and O–H groups in total. The molecule has 3 aromatic heterocycles. The number of carbonyl (C=O) groups is 1. The van der Waals surface area contributed by atoms with Crippen molar-refractivity contribution in [3.8, 4) is 5.88 Å². The molecule has 0 atom stereocenters. The van der Waals surface area contributed by atoms with Gasteiger partial charge in [0.25, 0.3) is 5.91 Å². The fraction of sp³-hybridized carbons (Fsp3) is 0.294. The molecule has 0 saturated carbocycles. The van der Waals surface area contributed by atoms with Crippen molar-refractivity contribution in [1.82, 2.24) is 19.6 Å². The molecule has 9 heteroatoms. The van der Waals surface area contributed by atoms with Crippen LogP contribution in [0, 0.1) is 0 Å². The molecule has 1 amide bonds. The zero-order valence-electron chi connectivity index (χ0n) is 13.8. The van der Waals surface area contributed by atoms with Gasteiger partial charge < -0.3 is 14.8 Å². The van der Waals surface area contributed by atoms with Crippen molar-refractivity contribution in [2.24, 2.45) is 0 Å². The molecule has 0 aliphatic carbocycles. The number of ether oxygens (including phenoxy) is 2. The first kappa shape index (κ1) is 16.7. The van der Waals surface area contributed by atoms with Crippen molar-refractivity contribution in [3.63, 3.8) is 0 Å². The molecule has 4 rings (SSSR count). The topological polar surface area (TPSA) is 90.6 Å². The summed E-state index contributed by atoms with van der Waals surface area (Å²) < 4.78 is 12.7. The van der Waals surface area contributed by atoms with Crippen molar-refractivity contribution in [3.05, 3.63) is 47.5 Å². The fourth-order valence-electron chi connectivity index (χ4n) is 2.68. The van der Waals surface area contributed by atoms with Crippen LogP contribution in [-0.4, -0.2) is 44.8 Å². The first-order valence-electron chi connectivity index (χ1n) is 8.20. The lowest BCUT2D eigenvalue weighted by Crippen LogP contribution is -2.26. The lowest BCUT2D eigenvalue weighted by Gasteiger charge is -2.23. The number of aromatic nitrogens is 4. The van der Waals surface area contributed by atoms with Crippen LogP contribution in [0.3, 0.4) is 0 Å².